The maximum atomic E-state index is 4.99. The molecule has 0 aliphatic carbocycles. The van der Waals surface area contributed by atoms with Crippen LogP contribution in [0.4, 0.5) is 0 Å². The van der Waals surface area contributed by atoms with Crippen LogP contribution in [0.15, 0.2) is 181 Å². The van der Waals surface area contributed by atoms with Crippen LogP contribution < -0.4 is 20.7 Å². The topological polar surface area (TPSA) is 22.8 Å². The maximum absolute atomic E-state index is 4.99. The number of benzene rings is 7. The second-order valence-electron chi connectivity index (χ2n) is 12.7. The lowest BCUT2D eigenvalue weighted by atomic mass is 10.1. The Bertz CT molecular complexity index is 2560. The number of hydrogen-bond acceptors (Lipinski definition) is 2. The van der Waals surface area contributed by atoms with Crippen molar-refractivity contribution in [3.63, 3.8) is 0 Å². The van der Waals surface area contributed by atoms with E-state index < -0.39 is 8.07 Å². The molecule has 10 rings (SSSR count). The Balaban J connectivity index is 1.24. The highest BCUT2D eigenvalue weighted by Gasteiger charge is 2.41. The van der Waals surface area contributed by atoms with Gasteiger partial charge in [-0.3, -0.25) is 4.57 Å². The van der Waals surface area contributed by atoms with Crippen LogP contribution in [0.3, 0.4) is 0 Å². The standard InChI is InChI=1S/C44H31N3SSi/c1-4-14-32(15-5-1)49(33-16-6-2-7-17-33,34-18-8-3-9-19-34)35-25-26-40-37(29-35)36-20-10-12-22-39(36)46(40)31-24-27-43-42(28-31)47-41-23-13-11-21-38(41)45-44(47)30-48-43/h1-29H,30H2. The van der Waals surface area contributed by atoms with Gasteiger partial charge in [-0.2, -0.15) is 0 Å². The van der Waals surface area contributed by atoms with Crippen LogP contribution in [0, 0.1) is 0 Å². The van der Waals surface area contributed by atoms with E-state index in [2.05, 4.69) is 185 Å². The fourth-order valence-corrected chi connectivity index (χ4v) is 13.8. The highest BCUT2D eigenvalue weighted by molar-refractivity contribution is 7.98. The van der Waals surface area contributed by atoms with Crippen LogP contribution in [-0.4, -0.2) is 22.2 Å². The number of imidazole rings is 1. The summed E-state index contributed by atoms with van der Waals surface area (Å²) in [6, 6.07) is 65.1. The van der Waals surface area contributed by atoms with Crippen molar-refractivity contribution in [2.45, 2.75) is 10.6 Å². The zero-order chi connectivity index (χ0) is 32.4. The minimum atomic E-state index is -2.67. The van der Waals surface area contributed by atoms with Crippen LogP contribution in [0.2, 0.25) is 0 Å². The average molecular weight is 662 g/mol. The summed E-state index contributed by atoms with van der Waals surface area (Å²) >= 11 is 1.87. The lowest BCUT2D eigenvalue weighted by Crippen LogP contribution is -2.74. The van der Waals surface area contributed by atoms with E-state index >= 15 is 0 Å². The lowest BCUT2D eigenvalue weighted by Gasteiger charge is -2.34. The first-order chi connectivity index (χ1) is 24.3. The summed E-state index contributed by atoms with van der Waals surface area (Å²) in [5.74, 6) is 1.97. The second kappa shape index (κ2) is 11.2. The fourth-order valence-electron chi connectivity index (χ4n) is 8.07. The molecule has 1 aliphatic rings. The number of nitrogens with zero attached hydrogens (tertiary/aromatic N) is 3. The Morgan fingerprint density at radius 1 is 0.469 bits per heavy atom. The first-order valence-electron chi connectivity index (χ1n) is 16.7. The van der Waals surface area contributed by atoms with E-state index in [1.165, 1.54) is 53.1 Å². The monoisotopic (exact) mass is 661 g/mol. The molecule has 7 aromatic carbocycles. The third-order valence-corrected chi connectivity index (χ3v) is 16.0. The van der Waals surface area contributed by atoms with E-state index in [0.29, 0.717) is 0 Å². The predicted molar refractivity (Wildman–Crippen MR) is 209 cm³/mol. The zero-order valence-electron chi connectivity index (χ0n) is 26.7. The quantitative estimate of drug-likeness (QED) is 0.137. The normalized spacial score (nSPS) is 12.7. The van der Waals surface area contributed by atoms with Crippen LogP contribution >= 0.6 is 11.8 Å². The van der Waals surface area contributed by atoms with Crippen LogP contribution in [0.1, 0.15) is 5.82 Å². The molecule has 9 aromatic rings. The van der Waals surface area contributed by atoms with Gasteiger partial charge in [0.05, 0.1) is 33.5 Å². The summed E-state index contributed by atoms with van der Waals surface area (Å²) in [4.78, 5) is 6.28. The van der Waals surface area contributed by atoms with Crippen molar-refractivity contribution in [3.05, 3.63) is 182 Å². The largest absolute Gasteiger partial charge is 0.309 e. The van der Waals surface area contributed by atoms with Crippen molar-refractivity contribution in [2.24, 2.45) is 0 Å². The molecule has 0 unspecified atom stereocenters. The molecule has 3 heterocycles. The van der Waals surface area contributed by atoms with Gasteiger partial charge in [0.15, 0.2) is 8.07 Å². The van der Waals surface area contributed by atoms with Gasteiger partial charge in [-0.15, -0.1) is 11.8 Å². The lowest BCUT2D eigenvalue weighted by molar-refractivity contribution is 0.941. The number of thioether (sulfide) groups is 1. The fraction of sp³-hybridized carbons (Fsp3) is 0.0227. The van der Waals surface area contributed by atoms with Gasteiger partial charge in [0.2, 0.25) is 0 Å². The van der Waals surface area contributed by atoms with Crippen molar-refractivity contribution >= 4 is 73.4 Å². The minimum absolute atomic E-state index is 0.870. The number of para-hydroxylation sites is 3. The summed E-state index contributed by atoms with van der Waals surface area (Å²) in [7, 11) is -2.67. The molecule has 0 saturated carbocycles. The van der Waals surface area contributed by atoms with Crippen molar-refractivity contribution in [3.8, 4) is 11.4 Å². The molecular weight excluding hydrogens is 631 g/mol. The van der Waals surface area contributed by atoms with E-state index in [9.17, 15) is 0 Å². The summed E-state index contributed by atoms with van der Waals surface area (Å²) in [5.41, 5.74) is 6.97. The molecule has 1 aliphatic heterocycles. The van der Waals surface area contributed by atoms with Crippen molar-refractivity contribution < 1.29 is 0 Å². The maximum Gasteiger partial charge on any atom is 0.179 e. The molecule has 5 heteroatoms. The van der Waals surface area contributed by atoms with Gasteiger partial charge >= 0.3 is 0 Å². The molecule has 232 valence electrons. The SMILES string of the molecule is c1ccc([Si](c2ccccc2)(c2ccccc2)c2ccc3c(c2)c2ccccc2n3-c2ccc3c(c2)-n2c(nc4ccccc42)CS3)cc1. The van der Waals surface area contributed by atoms with E-state index in [1.54, 1.807) is 0 Å². The molecule has 0 amide bonds. The number of fused-ring (bicyclic) bond motifs is 8. The minimum Gasteiger partial charge on any atom is -0.309 e. The molecule has 0 saturated heterocycles. The van der Waals surface area contributed by atoms with Gasteiger partial charge in [-0.1, -0.05) is 133 Å². The average Bonchev–Trinajstić information content (AvgIpc) is 3.72. The molecule has 2 aromatic heterocycles. The summed E-state index contributed by atoms with van der Waals surface area (Å²) in [5, 5.41) is 8.05. The molecule has 0 atom stereocenters. The summed E-state index contributed by atoms with van der Waals surface area (Å²) in [6.45, 7) is 0. The van der Waals surface area contributed by atoms with Gasteiger partial charge < -0.3 is 4.57 Å². The molecule has 0 bridgehead atoms. The van der Waals surface area contributed by atoms with Gasteiger partial charge in [0.25, 0.3) is 0 Å². The summed E-state index contributed by atoms with van der Waals surface area (Å²) in [6.07, 6.45) is 0. The Morgan fingerprint density at radius 2 is 1.06 bits per heavy atom. The van der Waals surface area contributed by atoms with Gasteiger partial charge in [0, 0.05) is 21.4 Å². The Labute approximate surface area is 290 Å². The number of hydrogen-bond donors (Lipinski definition) is 0. The van der Waals surface area contributed by atoms with Crippen LogP contribution in [-0.2, 0) is 5.75 Å². The molecule has 0 spiro atoms. The second-order valence-corrected chi connectivity index (χ2v) is 17.6. The van der Waals surface area contributed by atoms with Gasteiger partial charge in [-0.25, -0.2) is 4.98 Å². The molecule has 0 N–H and O–H groups in total. The highest BCUT2D eigenvalue weighted by Crippen LogP contribution is 2.40. The Hall–Kier alpha value is -5.62. The van der Waals surface area contributed by atoms with Crippen molar-refractivity contribution in [1.82, 2.24) is 14.1 Å². The molecular formula is C44H31N3SSi. The van der Waals surface area contributed by atoms with Crippen LogP contribution in [0.5, 0.6) is 0 Å². The predicted octanol–water partition coefficient (Wildman–Crippen LogP) is 8.11. The van der Waals surface area contributed by atoms with Crippen molar-refractivity contribution in [1.29, 1.82) is 0 Å². The van der Waals surface area contributed by atoms with Gasteiger partial charge in [0.1, 0.15) is 5.82 Å². The molecule has 3 nitrogen and oxygen atoms in total. The van der Waals surface area contributed by atoms with Gasteiger partial charge in [-0.05, 0) is 63.2 Å². The van der Waals surface area contributed by atoms with E-state index in [-0.39, 0.29) is 0 Å². The molecule has 0 radical (unpaired) electrons. The zero-order valence-corrected chi connectivity index (χ0v) is 28.5. The first kappa shape index (κ1) is 28.4. The summed E-state index contributed by atoms with van der Waals surface area (Å²) < 4.78 is 4.81. The Morgan fingerprint density at radius 3 is 1.76 bits per heavy atom. The number of aromatic nitrogens is 3. The molecule has 49 heavy (non-hydrogen) atoms. The highest BCUT2D eigenvalue weighted by atomic mass is 32.2. The Kier molecular flexibility index (Phi) is 6.51. The molecule has 0 fully saturated rings. The van der Waals surface area contributed by atoms with E-state index in [4.69, 9.17) is 4.98 Å². The smallest absolute Gasteiger partial charge is 0.179 e. The third-order valence-electron chi connectivity index (χ3n) is 10.2. The van der Waals surface area contributed by atoms with Crippen molar-refractivity contribution in [2.75, 3.05) is 0 Å². The number of rotatable bonds is 5. The van der Waals surface area contributed by atoms with E-state index in [0.717, 1.165) is 28.3 Å². The van der Waals surface area contributed by atoms with Crippen LogP contribution in [0.25, 0.3) is 44.2 Å². The first-order valence-corrected chi connectivity index (χ1v) is 19.7. The van der Waals surface area contributed by atoms with E-state index in [1.807, 2.05) is 11.8 Å². The third kappa shape index (κ3) is 4.26.